The van der Waals surface area contributed by atoms with Crippen LogP contribution in [0.2, 0.25) is 0 Å². The average molecular weight is 380 g/mol. The Morgan fingerprint density at radius 2 is 0.893 bits per heavy atom. The number of fused-ring (bicyclic) bond motifs is 2. The van der Waals surface area contributed by atoms with Crippen LogP contribution in [-0.2, 0) is 9.47 Å². The minimum Gasteiger partial charge on any atom is -0.386 e. The quantitative estimate of drug-likeness (QED) is 0.442. The molecule has 2 aliphatic rings. The largest absolute Gasteiger partial charge is 0.386 e. The van der Waals surface area contributed by atoms with Crippen LogP contribution in [0.4, 0.5) is 0 Å². The van der Waals surface area contributed by atoms with Crippen LogP contribution in [-0.4, -0.2) is 35.4 Å². The van der Waals surface area contributed by atoms with Crippen LogP contribution in [0.15, 0.2) is 36.4 Å². The molecular formula is C20H12O8. The molecule has 2 aromatic carbocycles. The van der Waals surface area contributed by atoms with Crippen molar-refractivity contribution in [2.45, 2.75) is 13.8 Å². The summed E-state index contributed by atoms with van der Waals surface area (Å²) in [6, 6.07) is 8.62. The van der Waals surface area contributed by atoms with Crippen LogP contribution in [0.1, 0.15) is 76.0 Å². The fourth-order valence-corrected chi connectivity index (χ4v) is 2.61. The van der Waals surface area contributed by atoms with Crippen LogP contribution in [0.3, 0.4) is 0 Å². The number of benzene rings is 2. The second kappa shape index (κ2) is 6.99. The first-order valence-corrected chi connectivity index (χ1v) is 8.02. The molecule has 0 aliphatic carbocycles. The minimum atomic E-state index is -0.687. The fourth-order valence-electron chi connectivity index (χ4n) is 2.61. The molecule has 0 saturated carbocycles. The minimum absolute atomic E-state index is 0.153. The number of hydrogen-bond donors (Lipinski definition) is 0. The molecule has 8 nitrogen and oxygen atoms in total. The zero-order chi connectivity index (χ0) is 20.6. The van der Waals surface area contributed by atoms with E-state index in [1.54, 1.807) is 0 Å². The number of hydrogen-bond acceptors (Lipinski definition) is 8. The normalized spacial score (nSPS) is 13.8. The van der Waals surface area contributed by atoms with Gasteiger partial charge in [-0.3, -0.25) is 9.59 Å². The van der Waals surface area contributed by atoms with Gasteiger partial charge < -0.3 is 9.47 Å². The lowest BCUT2D eigenvalue weighted by atomic mass is 10.0. The van der Waals surface area contributed by atoms with Crippen LogP contribution >= 0.6 is 0 Å². The Balaban J connectivity index is 0.000000161. The van der Waals surface area contributed by atoms with Crippen LogP contribution in [0, 0.1) is 0 Å². The summed E-state index contributed by atoms with van der Waals surface area (Å²) in [5, 5.41) is 0. The highest BCUT2D eigenvalue weighted by molar-refractivity contribution is 6.16. The van der Waals surface area contributed by atoms with E-state index in [-0.39, 0.29) is 33.8 Å². The van der Waals surface area contributed by atoms with E-state index in [1.807, 2.05) is 0 Å². The van der Waals surface area contributed by atoms with E-state index in [4.69, 9.17) is 0 Å². The standard InChI is InChI=1S/2C10H6O4/c2*1-5(11)6-2-3-7-8(4-6)10(13)14-9(7)12/h2*2-4H,1H3. The second-order valence-electron chi connectivity index (χ2n) is 5.99. The number of rotatable bonds is 2. The van der Waals surface area contributed by atoms with Gasteiger partial charge in [0.25, 0.3) is 0 Å². The summed E-state index contributed by atoms with van der Waals surface area (Å²) in [5.41, 5.74) is 1.58. The summed E-state index contributed by atoms with van der Waals surface area (Å²) in [5.74, 6) is -2.98. The first-order valence-electron chi connectivity index (χ1n) is 8.02. The molecule has 0 bridgehead atoms. The topological polar surface area (TPSA) is 121 Å². The predicted octanol–water partition coefficient (Wildman–Crippen LogP) is 2.40. The Morgan fingerprint density at radius 1 is 0.571 bits per heavy atom. The Morgan fingerprint density at radius 3 is 1.21 bits per heavy atom. The number of carbonyl (C=O) groups excluding carboxylic acids is 6. The summed E-state index contributed by atoms with van der Waals surface area (Å²) < 4.78 is 8.75. The molecule has 0 unspecified atom stereocenters. The molecule has 0 spiro atoms. The van der Waals surface area contributed by atoms with Gasteiger partial charge in [0, 0.05) is 11.1 Å². The summed E-state index contributed by atoms with van der Waals surface area (Å²) in [6.45, 7) is 2.79. The van der Waals surface area contributed by atoms with Gasteiger partial charge in [-0.15, -0.1) is 0 Å². The SMILES string of the molecule is CC(=O)c1ccc2c(c1)C(=O)OC2=O.CC(=O)c1ccc2c(c1)C(=O)OC2=O. The third-order valence-electron chi connectivity index (χ3n) is 4.10. The van der Waals surface area contributed by atoms with E-state index >= 15 is 0 Å². The fraction of sp³-hybridized carbons (Fsp3) is 0.100. The number of ketones is 2. The molecule has 28 heavy (non-hydrogen) atoms. The number of esters is 4. The summed E-state index contributed by atoms with van der Waals surface area (Å²) in [6.07, 6.45) is 0. The molecule has 8 heteroatoms. The number of cyclic esters (lactones) is 4. The molecule has 0 aromatic heterocycles. The Bertz CT molecular complexity index is 1010. The van der Waals surface area contributed by atoms with Gasteiger partial charge in [-0.05, 0) is 38.1 Å². The lowest BCUT2D eigenvalue weighted by molar-refractivity contribution is 0.0425. The molecule has 2 heterocycles. The van der Waals surface area contributed by atoms with Crippen LogP contribution in [0.5, 0.6) is 0 Å². The van der Waals surface area contributed by atoms with Crippen molar-refractivity contribution >= 4 is 35.4 Å². The van der Waals surface area contributed by atoms with Crippen LogP contribution in [0.25, 0.3) is 0 Å². The molecule has 2 aliphatic heterocycles. The van der Waals surface area contributed by atoms with Gasteiger partial charge in [0.05, 0.1) is 22.3 Å². The van der Waals surface area contributed by atoms with Crippen molar-refractivity contribution in [2.24, 2.45) is 0 Å². The van der Waals surface area contributed by atoms with Crippen molar-refractivity contribution < 1.29 is 38.2 Å². The zero-order valence-electron chi connectivity index (χ0n) is 14.7. The van der Waals surface area contributed by atoms with Gasteiger partial charge >= 0.3 is 23.9 Å². The van der Waals surface area contributed by atoms with Gasteiger partial charge in [-0.1, -0.05) is 12.1 Å². The molecule has 4 rings (SSSR count). The lowest BCUT2D eigenvalue weighted by Crippen LogP contribution is -1.98. The van der Waals surface area contributed by atoms with E-state index in [9.17, 15) is 28.8 Å². The highest BCUT2D eigenvalue weighted by Gasteiger charge is 2.30. The van der Waals surface area contributed by atoms with Gasteiger partial charge in [0.15, 0.2) is 11.6 Å². The monoisotopic (exact) mass is 380 g/mol. The van der Waals surface area contributed by atoms with Gasteiger partial charge in [-0.25, -0.2) is 19.2 Å². The third-order valence-corrected chi connectivity index (χ3v) is 4.10. The summed E-state index contributed by atoms with van der Waals surface area (Å²) >= 11 is 0. The van der Waals surface area contributed by atoms with E-state index in [0.717, 1.165) is 0 Å². The molecular weight excluding hydrogens is 368 g/mol. The van der Waals surface area contributed by atoms with Crippen molar-refractivity contribution in [1.82, 2.24) is 0 Å². The maximum atomic E-state index is 11.1. The Hall–Kier alpha value is -3.94. The van der Waals surface area contributed by atoms with Crippen molar-refractivity contribution in [1.29, 1.82) is 0 Å². The van der Waals surface area contributed by atoms with Crippen molar-refractivity contribution in [3.8, 4) is 0 Å². The molecule has 2 aromatic rings. The van der Waals surface area contributed by atoms with Crippen LogP contribution < -0.4 is 0 Å². The first-order chi connectivity index (χ1) is 13.2. The molecule has 0 N–H and O–H groups in total. The zero-order valence-corrected chi connectivity index (χ0v) is 14.7. The summed E-state index contributed by atoms with van der Waals surface area (Å²) in [7, 11) is 0. The lowest BCUT2D eigenvalue weighted by Gasteiger charge is -1.95. The third kappa shape index (κ3) is 3.35. The highest BCUT2D eigenvalue weighted by Crippen LogP contribution is 2.22. The van der Waals surface area contributed by atoms with Gasteiger partial charge in [0.1, 0.15) is 0 Å². The first kappa shape index (κ1) is 18.8. The van der Waals surface area contributed by atoms with Gasteiger partial charge in [-0.2, -0.15) is 0 Å². The number of ether oxygens (including phenoxy) is 2. The molecule has 0 saturated heterocycles. The molecule has 0 radical (unpaired) electrons. The smallest absolute Gasteiger partial charge is 0.346 e. The van der Waals surface area contributed by atoms with E-state index in [2.05, 4.69) is 9.47 Å². The molecule has 0 atom stereocenters. The Kier molecular flexibility index (Phi) is 4.70. The maximum Gasteiger partial charge on any atom is 0.346 e. The number of carbonyl (C=O) groups is 6. The Labute approximate surface area is 158 Å². The number of Topliss-reactive ketones (excluding diaryl/α,β-unsaturated/α-hetero) is 2. The molecule has 0 amide bonds. The maximum absolute atomic E-state index is 11.1. The predicted molar refractivity (Wildman–Crippen MR) is 92.4 cm³/mol. The summed E-state index contributed by atoms with van der Waals surface area (Å²) in [4.78, 5) is 66.2. The van der Waals surface area contributed by atoms with Gasteiger partial charge in [0.2, 0.25) is 0 Å². The molecule has 0 fully saturated rings. The van der Waals surface area contributed by atoms with E-state index < -0.39 is 23.9 Å². The highest BCUT2D eigenvalue weighted by atomic mass is 16.6. The van der Waals surface area contributed by atoms with Crippen molar-refractivity contribution in [3.05, 3.63) is 69.8 Å². The van der Waals surface area contributed by atoms with E-state index in [1.165, 1.54) is 50.2 Å². The molecule has 140 valence electrons. The second-order valence-corrected chi connectivity index (χ2v) is 5.99. The van der Waals surface area contributed by atoms with E-state index in [0.29, 0.717) is 11.1 Å². The average Bonchev–Trinajstić information content (AvgIpc) is 3.10. The van der Waals surface area contributed by atoms with Crippen molar-refractivity contribution in [2.75, 3.05) is 0 Å². The van der Waals surface area contributed by atoms with Crippen molar-refractivity contribution in [3.63, 3.8) is 0 Å².